The first-order valence-electron chi connectivity index (χ1n) is 5.94. The Labute approximate surface area is 93.7 Å². The number of benzene rings is 1. The molecule has 0 radical (unpaired) electrons. The topological polar surface area (TPSA) is 0 Å². The third kappa shape index (κ3) is 4.70. The first-order valence-corrected chi connectivity index (χ1v) is 5.94. The van der Waals surface area contributed by atoms with Crippen LogP contribution in [0, 0.1) is 11.8 Å². The molecule has 0 bridgehead atoms. The molecule has 0 fully saturated rings. The van der Waals surface area contributed by atoms with Gasteiger partial charge < -0.3 is 0 Å². The van der Waals surface area contributed by atoms with Crippen molar-refractivity contribution in [3.8, 4) is 11.8 Å². The normalized spacial score (nSPS) is 9.47. The fourth-order valence-corrected chi connectivity index (χ4v) is 1.48. The zero-order valence-electron chi connectivity index (χ0n) is 9.84. The Balaban J connectivity index is 2.62. The second-order valence-corrected chi connectivity index (χ2v) is 3.86. The van der Waals surface area contributed by atoms with Crippen LogP contribution in [-0.4, -0.2) is 0 Å². The Morgan fingerprint density at radius 1 is 1.13 bits per heavy atom. The number of unbranched alkanes of at least 4 members (excludes halogenated alkanes) is 2. The number of hydrogen-bond acceptors (Lipinski definition) is 0. The molecule has 0 heterocycles. The van der Waals surface area contributed by atoms with E-state index in [-0.39, 0.29) is 0 Å². The fourth-order valence-electron chi connectivity index (χ4n) is 1.48. The predicted molar refractivity (Wildman–Crippen MR) is 66.8 cm³/mol. The molecule has 1 aromatic rings. The average molecular weight is 200 g/mol. The highest BCUT2D eigenvalue weighted by molar-refractivity contribution is 5.37. The van der Waals surface area contributed by atoms with E-state index in [1.807, 2.05) is 0 Å². The summed E-state index contributed by atoms with van der Waals surface area (Å²) < 4.78 is 0. The molecule has 0 unspecified atom stereocenters. The van der Waals surface area contributed by atoms with E-state index in [9.17, 15) is 0 Å². The van der Waals surface area contributed by atoms with Gasteiger partial charge >= 0.3 is 0 Å². The van der Waals surface area contributed by atoms with Crippen LogP contribution in [0.2, 0.25) is 0 Å². The summed E-state index contributed by atoms with van der Waals surface area (Å²) in [5.41, 5.74) is 2.58. The largest absolute Gasteiger partial charge is 0.0979 e. The highest BCUT2D eigenvalue weighted by Gasteiger charge is 1.93. The number of rotatable bonds is 4. The highest BCUT2D eigenvalue weighted by atomic mass is 14.0. The third-order valence-corrected chi connectivity index (χ3v) is 2.35. The van der Waals surface area contributed by atoms with Crippen molar-refractivity contribution in [3.05, 3.63) is 35.4 Å². The van der Waals surface area contributed by atoms with Crippen molar-refractivity contribution in [3.63, 3.8) is 0 Å². The van der Waals surface area contributed by atoms with Crippen LogP contribution >= 0.6 is 0 Å². The number of hydrogen-bond donors (Lipinski definition) is 0. The van der Waals surface area contributed by atoms with E-state index in [1.165, 1.54) is 24.8 Å². The van der Waals surface area contributed by atoms with Gasteiger partial charge in [0.1, 0.15) is 0 Å². The minimum atomic E-state index is 0.999. The summed E-state index contributed by atoms with van der Waals surface area (Å²) in [6.07, 6.45) is 5.85. The van der Waals surface area contributed by atoms with E-state index in [0.717, 1.165) is 18.4 Å². The molecule has 0 aromatic heterocycles. The zero-order chi connectivity index (χ0) is 10.9. The van der Waals surface area contributed by atoms with Crippen LogP contribution in [0.15, 0.2) is 24.3 Å². The maximum Gasteiger partial charge on any atom is 0.0247 e. The highest BCUT2D eigenvalue weighted by Crippen LogP contribution is 2.07. The standard InChI is InChI=1S/C15H20/c1-3-5-7-10-15-12-8-11-14(13-15)9-6-4-2/h8,11-13H,3-6,9H2,1-2H3. The minimum absolute atomic E-state index is 0.999. The molecule has 0 aliphatic carbocycles. The summed E-state index contributed by atoms with van der Waals surface area (Å²) in [4.78, 5) is 0. The Kier molecular flexibility index (Phi) is 5.63. The minimum Gasteiger partial charge on any atom is -0.0979 e. The van der Waals surface area contributed by atoms with Gasteiger partial charge in [-0.05, 0) is 37.0 Å². The predicted octanol–water partition coefficient (Wildman–Crippen LogP) is 4.18. The molecule has 0 nitrogen and oxygen atoms in total. The maximum atomic E-state index is 3.21. The summed E-state index contributed by atoms with van der Waals surface area (Å²) in [6.45, 7) is 4.39. The fraction of sp³-hybridized carbons (Fsp3) is 0.467. The summed E-state index contributed by atoms with van der Waals surface area (Å²) in [6, 6.07) is 8.62. The third-order valence-electron chi connectivity index (χ3n) is 2.35. The van der Waals surface area contributed by atoms with E-state index in [4.69, 9.17) is 0 Å². The van der Waals surface area contributed by atoms with Gasteiger partial charge in [-0.15, -0.1) is 0 Å². The van der Waals surface area contributed by atoms with Crippen molar-refractivity contribution in [1.82, 2.24) is 0 Å². The van der Waals surface area contributed by atoms with E-state index >= 15 is 0 Å². The summed E-state index contributed by atoms with van der Waals surface area (Å²) >= 11 is 0. The first-order chi connectivity index (χ1) is 7.36. The molecule has 1 rings (SSSR count). The van der Waals surface area contributed by atoms with Gasteiger partial charge in [-0.25, -0.2) is 0 Å². The second kappa shape index (κ2) is 7.12. The van der Waals surface area contributed by atoms with Gasteiger partial charge in [-0.2, -0.15) is 0 Å². The lowest BCUT2D eigenvalue weighted by molar-refractivity contribution is 0.795. The monoisotopic (exact) mass is 200 g/mol. The van der Waals surface area contributed by atoms with Crippen LogP contribution in [0.5, 0.6) is 0 Å². The van der Waals surface area contributed by atoms with Gasteiger partial charge in [-0.3, -0.25) is 0 Å². The van der Waals surface area contributed by atoms with E-state index in [1.54, 1.807) is 0 Å². The molecule has 0 heteroatoms. The molecule has 0 aliphatic rings. The molecule has 0 spiro atoms. The quantitative estimate of drug-likeness (QED) is 0.640. The molecule has 80 valence electrons. The van der Waals surface area contributed by atoms with Crippen molar-refractivity contribution >= 4 is 0 Å². The molecule has 1 aromatic carbocycles. The van der Waals surface area contributed by atoms with Crippen LogP contribution in [-0.2, 0) is 6.42 Å². The van der Waals surface area contributed by atoms with Gasteiger partial charge in [0, 0.05) is 12.0 Å². The SMILES string of the molecule is CCCC#Cc1cccc(CCCC)c1. The maximum absolute atomic E-state index is 3.21. The Bertz CT molecular complexity index is 339. The van der Waals surface area contributed by atoms with Crippen molar-refractivity contribution in [2.24, 2.45) is 0 Å². The van der Waals surface area contributed by atoms with E-state index in [2.05, 4.69) is 50.0 Å². The van der Waals surface area contributed by atoms with E-state index < -0.39 is 0 Å². The van der Waals surface area contributed by atoms with Crippen LogP contribution in [0.4, 0.5) is 0 Å². The Hall–Kier alpha value is -1.22. The smallest absolute Gasteiger partial charge is 0.0247 e. The molecule has 0 amide bonds. The van der Waals surface area contributed by atoms with Crippen LogP contribution in [0.1, 0.15) is 50.7 Å². The zero-order valence-corrected chi connectivity index (χ0v) is 9.84. The summed E-state index contributed by atoms with van der Waals surface area (Å²) in [5, 5.41) is 0. The molecule has 0 atom stereocenters. The van der Waals surface area contributed by atoms with E-state index in [0.29, 0.717) is 0 Å². The Morgan fingerprint density at radius 3 is 2.73 bits per heavy atom. The molecule has 0 aliphatic heterocycles. The van der Waals surface area contributed by atoms with Crippen molar-refractivity contribution in [1.29, 1.82) is 0 Å². The molecule has 0 saturated heterocycles. The van der Waals surface area contributed by atoms with Gasteiger partial charge in [0.05, 0.1) is 0 Å². The average Bonchev–Trinajstić information content (AvgIpc) is 2.27. The molecule has 0 N–H and O–H groups in total. The first kappa shape index (κ1) is 11.9. The molecular weight excluding hydrogens is 180 g/mol. The number of aryl methyl sites for hydroxylation is 1. The summed E-state index contributed by atoms with van der Waals surface area (Å²) in [7, 11) is 0. The van der Waals surface area contributed by atoms with Crippen LogP contribution < -0.4 is 0 Å². The molecular formula is C15H20. The summed E-state index contributed by atoms with van der Waals surface area (Å²) in [5.74, 6) is 6.40. The lowest BCUT2D eigenvalue weighted by atomic mass is 10.1. The molecule has 0 saturated carbocycles. The van der Waals surface area contributed by atoms with Crippen molar-refractivity contribution < 1.29 is 0 Å². The van der Waals surface area contributed by atoms with Crippen LogP contribution in [0.25, 0.3) is 0 Å². The lowest BCUT2D eigenvalue weighted by Crippen LogP contribution is -1.85. The van der Waals surface area contributed by atoms with Crippen molar-refractivity contribution in [2.45, 2.75) is 46.0 Å². The molecule has 15 heavy (non-hydrogen) atoms. The second-order valence-electron chi connectivity index (χ2n) is 3.86. The van der Waals surface area contributed by atoms with Gasteiger partial charge in [-0.1, -0.05) is 44.2 Å². The van der Waals surface area contributed by atoms with Crippen molar-refractivity contribution in [2.75, 3.05) is 0 Å². The lowest BCUT2D eigenvalue weighted by Gasteiger charge is -1.99. The Morgan fingerprint density at radius 2 is 2.00 bits per heavy atom. The van der Waals surface area contributed by atoms with Gasteiger partial charge in [0.2, 0.25) is 0 Å². The van der Waals surface area contributed by atoms with Gasteiger partial charge in [0.15, 0.2) is 0 Å². The van der Waals surface area contributed by atoms with Gasteiger partial charge in [0.25, 0.3) is 0 Å². The van der Waals surface area contributed by atoms with Crippen LogP contribution in [0.3, 0.4) is 0 Å².